The average molecular weight is 223 g/mol. The number of ether oxygens (including phenoxy) is 2. The third kappa shape index (κ3) is 3.64. The molecule has 0 saturated carbocycles. The van der Waals surface area contributed by atoms with Crippen LogP contribution in [0.25, 0.3) is 0 Å². The van der Waals surface area contributed by atoms with E-state index in [2.05, 4.69) is 4.74 Å². The quantitative estimate of drug-likeness (QED) is 0.753. The van der Waals surface area contributed by atoms with Gasteiger partial charge in [-0.25, -0.2) is 0 Å². The number of carbonyl (C=O) groups excluding carboxylic acids is 1. The van der Waals surface area contributed by atoms with Crippen LogP contribution in [0.1, 0.15) is 11.1 Å². The Hall–Kier alpha value is -1.39. The van der Waals surface area contributed by atoms with E-state index in [1.165, 1.54) is 7.11 Å². The summed E-state index contributed by atoms with van der Waals surface area (Å²) < 4.78 is 9.57. The van der Waals surface area contributed by atoms with Gasteiger partial charge in [0.2, 0.25) is 0 Å². The fourth-order valence-electron chi connectivity index (χ4n) is 1.43. The van der Waals surface area contributed by atoms with E-state index in [1.54, 1.807) is 7.11 Å². The summed E-state index contributed by atoms with van der Waals surface area (Å²) >= 11 is 0. The van der Waals surface area contributed by atoms with E-state index >= 15 is 0 Å². The molecule has 0 spiro atoms. The minimum absolute atomic E-state index is 0.388. The van der Waals surface area contributed by atoms with Crippen LogP contribution in [0.3, 0.4) is 0 Å². The van der Waals surface area contributed by atoms with Gasteiger partial charge in [0.25, 0.3) is 0 Å². The van der Waals surface area contributed by atoms with Gasteiger partial charge in [0.15, 0.2) is 0 Å². The molecule has 2 N–H and O–H groups in total. The highest BCUT2D eigenvalue weighted by Crippen LogP contribution is 2.07. The van der Waals surface area contributed by atoms with E-state index in [-0.39, 0.29) is 5.97 Å². The first-order valence-electron chi connectivity index (χ1n) is 5.07. The molecule has 1 unspecified atom stereocenters. The van der Waals surface area contributed by atoms with Crippen LogP contribution in [-0.4, -0.2) is 26.2 Å². The first-order valence-corrected chi connectivity index (χ1v) is 5.07. The molecule has 16 heavy (non-hydrogen) atoms. The van der Waals surface area contributed by atoms with E-state index in [0.717, 1.165) is 11.1 Å². The number of benzene rings is 1. The summed E-state index contributed by atoms with van der Waals surface area (Å²) in [5.74, 6) is -0.388. The third-order valence-corrected chi connectivity index (χ3v) is 2.29. The van der Waals surface area contributed by atoms with E-state index < -0.39 is 6.04 Å². The van der Waals surface area contributed by atoms with E-state index in [0.29, 0.717) is 13.0 Å². The zero-order valence-electron chi connectivity index (χ0n) is 9.60. The molecule has 1 rings (SSSR count). The molecule has 0 aromatic heterocycles. The number of rotatable bonds is 5. The molecule has 1 aromatic rings. The van der Waals surface area contributed by atoms with E-state index in [9.17, 15) is 4.79 Å². The van der Waals surface area contributed by atoms with Crippen LogP contribution < -0.4 is 5.73 Å². The molecule has 0 heterocycles. The van der Waals surface area contributed by atoms with Gasteiger partial charge in [-0.1, -0.05) is 24.3 Å². The molecule has 0 amide bonds. The number of methoxy groups -OCH3 is 2. The average Bonchev–Trinajstić information content (AvgIpc) is 2.31. The second-order valence-electron chi connectivity index (χ2n) is 3.58. The number of carbonyl (C=O) groups is 1. The molecule has 1 atom stereocenters. The Bertz CT molecular complexity index is 335. The lowest BCUT2D eigenvalue weighted by atomic mass is 10.1. The molecule has 0 fully saturated rings. The molecular formula is C12H17NO3. The molecule has 0 aliphatic heterocycles. The normalized spacial score (nSPS) is 12.2. The van der Waals surface area contributed by atoms with E-state index in [1.807, 2.05) is 24.3 Å². The van der Waals surface area contributed by atoms with Crippen molar-refractivity contribution >= 4 is 5.97 Å². The molecule has 88 valence electrons. The van der Waals surface area contributed by atoms with Gasteiger partial charge in [0.1, 0.15) is 6.04 Å². The predicted octanol–water partition coefficient (Wildman–Crippen LogP) is 0.876. The van der Waals surface area contributed by atoms with Gasteiger partial charge in [-0.05, 0) is 17.5 Å². The highest BCUT2D eigenvalue weighted by atomic mass is 16.5. The molecule has 0 aliphatic rings. The first kappa shape index (κ1) is 12.7. The SMILES string of the molecule is COCc1ccc(CC(N)C(=O)OC)cc1. The Labute approximate surface area is 95.3 Å². The summed E-state index contributed by atoms with van der Waals surface area (Å²) in [5.41, 5.74) is 7.76. The van der Waals surface area contributed by atoms with Crippen LogP contribution in [0.15, 0.2) is 24.3 Å². The lowest BCUT2D eigenvalue weighted by Crippen LogP contribution is -2.33. The molecule has 0 aliphatic carbocycles. The summed E-state index contributed by atoms with van der Waals surface area (Å²) in [6, 6.07) is 7.21. The summed E-state index contributed by atoms with van der Waals surface area (Å²) in [6.45, 7) is 0.587. The maximum absolute atomic E-state index is 11.1. The highest BCUT2D eigenvalue weighted by molar-refractivity contribution is 5.75. The summed E-state index contributed by atoms with van der Waals surface area (Å²) in [7, 11) is 2.99. The molecule has 4 nitrogen and oxygen atoms in total. The smallest absolute Gasteiger partial charge is 0.322 e. The third-order valence-electron chi connectivity index (χ3n) is 2.29. The van der Waals surface area contributed by atoms with Gasteiger partial charge in [0.05, 0.1) is 13.7 Å². The number of esters is 1. The number of hydrogen-bond donors (Lipinski definition) is 1. The standard InChI is InChI=1S/C12H17NO3/c1-15-8-10-5-3-9(4-6-10)7-11(13)12(14)16-2/h3-6,11H,7-8,13H2,1-2H3. The number of hydrogen-bond acceptors (Lipinski definition) is 4. The zero-order chi connectivity index (χ0) is 12.0. The fourth-order valence-corrected chi connectivity index (χ4v) is 1.43. The Morgan fingerprint density at radius 2 is 1.81 bits per heavy atom. The van der Waals surface area contributed by atoms with Crippen LogP contribution in [0.2, 0.25) is 0 Å². The molecule has 0 bridgehead atoms. The molecule has 0 radical (unpaired) electrons. The summed E-state index contributed by atoms with van der Waals surface area (Å²) in [5, 5.41) is 0. The van der Waals surface area contributed by atoms with Crippen molar-refractivity contribution in [2.24, 2.45) is 5.73 Å². The van der Waals surface area contributed by atoms with Crippen molar-refractivity contribution in [1.29, 1.82) is 0 Å². The summed E-state index contributed by atoms with van der Waals surface area (Å²) in [4.78, 5) is 11.1. The predicted molar refractivity (Wildman–Crippen MR) is 60.9 cm³/mol. The van der Waals surface area contributed by atoms with Gasteiger partial charge >= 0.3 is 5.97 Å². The van der Waals surface area contributed by atoms with Crippen molar-refractivity contribution in [1.82, 2.24) is 0 Å². The van der Waals surface area contributed by atoms with Crippen molar-refractivity contribution < 1.29 is 14.3 Å². The van der Waals surface area contributed by atoms with Crippen molar-refractivity contribution in [3.63, 3.8) is 0 Å². The van der Waals surface area contributed by atoms with Gasteiger partial charge in [-0.3, -0.25) is 4.79 Å². The minimum Gasteiger partial charge on any atom is -0.468 e. The summed E-state index contributed by atoms with van der Waals surface area (Å²) in [6.07, 6.45) is 0.486. The fraction of sp³-hybridized carbons (Fsp3) is 0.417. The van der Waals surface area contributed by atoms with Gasteiger partial charge in [-0.2, -0.15) is 0 Å². The van der Waals surface area contributed by atoms with Crippen molar-refractivity contribution in [2.75, 3.05) is 14.2 Å². The van der Waals surface area contributed by atoms with Gasteiger partial charge in [-0.15, -0.1) is 0 Å². The van der Waals surface area contributed by atoms with Crippen LogP contribution in [0, 0.1) is 0 Å². The minimum atomic E-state index is -0.599. The molecular weight excluding hydrogens is 206 g/mol. The second kappa shape index (κ2) is 6.25. The van der Waals surface area contributed by atoms with Crippen molar-refractivity contribution in [3.05, 3.63) is 35.4 Å². The Morgan fingerprint density at radius 1 is 1.25 bits per heavy atom. The van der Waals surface area contributed by atoms with Gasteiger partial charge < -0.3 is 15.2 Å². The van der Waals surface area contributed by atoms with Crippen LogP contribution in [0.5, 0.6) is 0 Å². The van der Waals surface area contributed by atoms with Crippen molar-refractivity contribution in [3.8, 4) is 0 Å². The highest BCUT2D eigenvalue weighted by Gasteiger charge is 2.13. The number of nitrogens with two attached hydrogens (primary N) is 1. The monoisotopic (exact) mass is 223 g/mol. The Kier molecular flexibility index (Phi) is 4.95. The first-order chi connectivity index (χ1) is 7.67. The maximum Gasteiger partial charge on any atom is 0.322 e. The van der Waals surface area contributed by atoms with Crippen molar-refractivity contribution in [2.45, 2.75) is 19.1 Å². The van der Waals surface area contributed by atoms with Crippen LogP contribution >= 0.6 is 0 Å². The topological polar surface area (TPSA) is 61.5 Å². The second-order valence-corrected chi connectivity index (χ2v) is 3.58. The van der Waals surface area contributed by atoms with Crippen LogP contribution in [0.4, 0.5) is 0 Å². The Morgan fingerprint density at radius 3 is 2.31 bits per heavy atom. The lowest BCUT2D eigenvalue weighted by molar-refractivity contribution is -0.142. The molecule has 1 aromatic carbocycles. The van der Waals surface area contributed by atoms with E-state index in [4.69, 9.17) is 10.5 Å². The molecule has 4 heteroatoms. The largest absolute Gasteiger partial charge is 0.468 e. The van der Waals surface area contributed by atoms with Crippen LogP contribution in [-0.2, 0) is 27.3 Å². The molecule has 0 saturated heterocycles. The maximum atomic E-state index is 11.1. The lowest BCUT2D eigenvalue weighted by Gasteiger charge is -2.09. The van der Waals surface area contributed by atoms with Gasteiger partial charge in [0, 0.05) is 7.11 Å². The zero-order valence-corrected chi connectivity index (χ0v) is 9.60. The Balaban J connectivity index is 2.58.